The Kier molecular flexibility index (Phi) is 2.24. The van der Waals surface area contributed by atoms with Gasteiger partial charge in [0.05, 0.1) is 30.4 Å². The van der Waals surface area contributed by atoms with Gasteiger partial charge < -0.3 is 5.11 Å². The van der Waals surface area contributed by atoms with Crippen LogP contribution in [0.25, 0.3) is 5.69 Å². The summed E-state index contributed by atoms with van der Waals surface area (Å²) in [5, 5.41) is 16.6. The van der Waals surface area contributed by atoms with Gasteiger partial charge in [0.2, 0.25) is 0 Å². The first-order valence-corrected chi connectivity index (χ1v) is 4.23. The quantitative estimate of drug-likeness (QED) is 0.747. The van der Waals surface area contributed by atoms with E-state index in [1.54, 1.807) is 17.1 Å². The Labute approximate surface area is 81.0 Å². The molecule has 5 heteroatoms. The number of aliphatic hydroxyl groups excluding tert-OH is 1. The second-order valence-corrected chi connectivity index (χ2v) is 3.02. The molecule has 14 heavy (non-hydrogen) atoms. The Balaban J connectivity index is 2.49. The number of pyridine rings is 1. The van der Waals surface area contributed by atoms with Gasteiger partial charge in [-0.3, -0.25) is 4.98 Å². The Morgan fingerprint density at radius 1 is 1.36 bits per heavy atom. The van der Waals surface area contributed by atoms with E-state index in [0.29, 0.717) is 5.69 Å². The number of aromatic nitrogens is 4. The molecule has 2 aromatic rings. The van der Waals surface area contributed by atoms with Crippen LogP contribution in [0.5, 0.6) is 0 Å². The molecule has 0 saturated carbocycles. The number of aliphatic hydroxyl groups is 1. The third kappa shape index (κ3) is 1.49. The minimum Gasteiger partial charge on any atom is -0.390 e. The summed E-state index contributed by atoms with van der Waals surface area (Å²) in [5.41, 5.74) is 2.51. The highest BCUT2D eigenvalue weighted by Crippen LogP contribution is 2.09. The molecule has 0 saturated heterocycles. The van der Waals surface area contributed by atoms with Crippen LogP contribution < -0.4 is 0 Å². The van der Waals surface area contributed by atoms with Crippen LogP contribution in [0.4, 0.5) is 0 Å². The zero-order valence-electron chi connectivity index (χ0n) is 7.75. The van der Waals surface area contributed by atoms with E-state index < -0.39 is 0 Å². The smallest absolute Gasteiger partial charge is 0.0900 e. The normalized spacial score (nSPS) is 10.4. The van der Waals surface area contributed by atoms with Gasteiger partial charge in [-0.25, -0.2) is 4.68 Å². The highest BCUT2D eigenvalue weighted by Gasteiger charge is 2.04. The lowest BCUT2D eigenvalue weighted by Gasteiger charge is -2.03. The molecule has 0 atom stereocenters. The third-order valence-corrected chi connectivity index (χ3v) is 1.89. The first kappa shape index (κ1) is 8.83. The second-order valence-electron chi connectivity index (χ2n) is 3.02. The summed E-state index contributed by atoms with van der Waals surface area (Å²) in [6.45, 7) is 1.87. The average molecular weight is 190 g/mol. The topological polar surface area (TPSA) is 63.8 Å². The Hall–Kier alpha value is -1.75. The molecular formula is C9H10N4O. The molecule has 2 aromatic heterocycles. The first-order chi connectivity index (χ1) is 6.81. The molecule has 0 spiro atoms. The second kappa shape index (κ2) is 3.55. The minimum absolute atomic E-state index is 0.0824. The van der Waals surface area contributed by atoms with Crippen LogP contribution in [0.2, 0.25) is 0 Å². The molecule has 0 aliphatic carbocycles. The summed E-state index contributed by atoms with van der Waals surface area (Å²) in [5.74, 6) is 0. The van der Waals surface area contributed by atoms with E-state index in [1.807, 2.05) is 13.0 Å². The van der Waals surface area contributed by atoms with Gasteiger partial charge in [-0.1, -0.05) is 5.21 Å². The van der Waals surface area contributed by atoms with Crippen molar-refractivity contribution in [3.8, 4) is 5.69 Å². The fraction of sp³-hybridized carbons (Fsp3) is 0.222. The molecule has 2 rings (SSSR count). The number of hydrogen-bond acceptors (Lipinski definition) is 4. The lowest BCUT2D eigenvalue weighted by atomic mass is 10.3. The summed E-state index contributed by atoms with van der Waals surface area (Å²) >= 11 is 0. The summed E-state index contributed by atoms with van der Waals surface area (Å²) in [6, 6.07) is 1.93. The zero-order chi connectivity index (χ0) is 9.97. The van der Waals surface area contributed by atoms with E-state index in [4.69, 9.17) is 5.11 Å². The van der Waals surface area contributed by atoms with Gasteiger partial charge in [0.25, 0.3) is 0 Å². The van der Waals surface area contributed by atoms with Gasteiger partial charge >= 0.3 is 0 Å². The van der Waals surface area contributed by atoms with Crippen LogP contribution in [0.1, 0.15) is 11.3 Å². The van der Waals surface area contributed by atoms with E-state index in [-0.39, 0.29) is 6.61 Å². The maximum absolute atomic E-state index is 9.02. The van der Waals surface area contributed by atoms with E-state index >= 15 is 0 Å². The summed E-state index contributed by atoms with van der Waals surface area (Å²) in [4.78, 5) is 4.05. The van der Waals surface area contributed by atoms with Crippen molar-refractivity contribution in [2.24, 2.45) is 0 Å². The Morgan fingerprint density at radius 3 is 2.93 bits per heavy atom. The van der Waals surface area contributed by atoms with Crippen molar-refractivity contribution in [2.75, 3.05) is 0 Å². The molecule has 0 aliphatic rings. The SMILES string of the molecule is Cc1cncc(-n2nncc2CO)c1. The van der Waals surface area contributed by atoms with Gasteiger partial charge in [0.15, 0.2) is 0 Å². The maximum atomic E-state index is 9.02. The lowest BCUT2D eigenvalue weighted by molar-refractivity contribution is 0.273. The van der Waals surface area contributed by atoms with Crippen molar-refractivity contribution < 1.29 is 5.11 Å². The summed E-state index contributed by atoms with van der Waals surface area (Å²) in [6.07, 6.45) is 4.97. The van der Waals surface area contributed by atoms with Gasteiger partial charge in [-0.15, -0.1) is 5.10 Å². The predicted octanol–water partition coefficient (Wildman–Crippen LogP) is 0.463. The standard InChI is InChI=1S/C9H10N4O/c1-7-2-8(4-10-3-7)13-9(6-14)5-11-12-13/h2-5,14H,6H2,1H3. The fourth-order valence-electron chi connectivity index (χ4n) is 1.24. The highest BCUT2D eigenvalue weighted by molar-refractivity contribution is 5.31. The van der Waals surface area contributed by atoms with E-state index in [2.05, 4.69) is 15.3 Å². The van der Waals surface area contributed by atoms with Crippen molar-refractivity contribution in [1.82, 2.24) is 20.0 Å². The molecule has 0 aromatic carbocycles. The fourth-order valence-corrected chi connectivity index (χ4v) is 1.24. The van der Waals surface area contributed by atoms with Crippen molar-refractivity contribution >= 4 is 0 Å². The van der Waals surface area contributed by atoms with Gasteiger partial charge in [-0.05, 0) is 18.6 Å². The molecule has 0 aliphatic heterocycles. The van der Waals surface area contributed by atoms with Gasteiger partial charge in [0, 0.05) is 6.20 Å². The monoisotopic (exact) mass is 190 g/mol. The van der Waals surface area contributed by atoms with Gasteiger partial charge in [0.1, 0.15) is 0 Å². The van der Waals surface area contributed by atoms with Crippen LogP contribution in [-0.4, -0.2) is 25.1 Å². The molecule has 0 fully saturated rings. The highest BCUT2D eigenvalue weighted by atomic mass is 16.3. The van der Waals surface area contributed by atoms with Crippen molar-refractivity contribution in [2.45, 2.75) is 13.5 Å². The molecule has 2 heterocycles. The molecule has 72 valence electrons. The Morgan fingerprint density at radius 2 is 2.21 bits per heavy atom. The third-order valence-electron chi connectivity index (χ3n) is 1.89. The van der Waals surface area contributed by atoms with Crippen molar-refractivity contribution in [3.63, 3.8) is 0 Å². The van der Waals surface area contributed by atoms with E-state index in [0.717, 1.165) is 11.3 Å². The molecule has 5 nitrogen and oxygen atoms in total. The van der Waals surface area contributed by atoms with Gasteiger partial charge in [-0.2, -0.15) is 0 Å². The van der Waals surface area contributed by atoms with Crippen LogP contribution in [0, 0.1) is 6.92 Å². The minimum atomic E-state index is -0.0824. The molecular weight excluding hydrogens is 180 g/mol. The first-order valence-electron chi connectivity index (χ1n) is 4.23. The lowest BCUT2D eigenvalue weighted by Crippen LogP contribution is -2.02. The maximum Gasteiger partial charge on any atom is 0.0900 e. The number of aryl methyl sites for hydroxylation is 1. The zero-order valence-corrected chi connectivity index (χ0v) is 7.75. The predicted molar refractivity (Wildman–Crippen MR) is 49.8 cm³/mol. The largest absolute Gasteiger partial charge is 0.390 e. The molecule has 0 bridgehead atoms. The number of nitrogens with zero attached hydrogens (tertiary/aromatic N) is 4. The number of rotatable bonds is 2. The van der Waals surface area contributed by atoms with Crippen LogP contribution in [0.3, 0.4) is 0 Å². The molecule has 0 amide bonds. The Bertz CT molecular complexity index is 438. The van der Waals surface area contributed by atoms with Crippen molar-refractivity contribution in [3.05, 3.63) is 35.9 Å². The summed E-state index contributed by atoms with van der Waals surface area (Å²) in [7, 11) is 0. The average Bonchev–Trinajstić information content (AvgIpc) is 2.65. The van der Waals surface area contributed by atoms with Crippen LogP contribution >= 0.6 is 0 Å². The molecule has 0 unspecified atom stereocenters. The molecule has 0 radical (unpaired) electrons. The summed E-state index contributed by atoms with van der Waals surface area (Å²) < 4.78 is 1.57. The van der Waals surface area contributed by atoms with Crippen molar-refractivity contribution in [1.29, 1.82) is 0 Å². The molecule has 1 N–H and O–H groups in total. The van der Waals surface area contributed by atoms with E-state index in [9.17, 15) is 0 Å². The number of hydrogen-bond donors (Lipinski definition) is 1. The van der Waals surface area contributed by atoms with E-state index in [1.165, 1.54) is 6.20 Å². The van der Waals surface area contributed by atoms with Crippen LogP contribution in [-0.2, 0) is 6.61 Å². The van der Waals surface area contributed by atoms with Crippen LogP contribution in [0.15, 0.2) is 24.7 Å².